The van der Waals surface area contributed by atoms with Crippen LogP contribution in [0.25, 0.3) is 0 Å². The lowest BCUT2D eigenvalue weighted by Gasteiger charge is -2.01. The Balaban J connectivity index is 2.88. The molecule has 0 radical (unpaired) electrons. The molecule has 1 aliphatic heterocycles. The summed E-state index contributed by atoms with van der Waals surface area (Å²) in [6, 6.07) is 0. The molecule has 1 N–H and O–H groups in total. The average molecular weight is 142 g/mol. The van der Waals surface area contributed by atoms with Crippen LogP contribution in [0.1, 0.15) is 13.8 Å². The maximum absolute atomic E-state index is 10.8. The molecule has 0 aromatic heterocycles. The van der Waals surface area contributed by atoms with E-state index in [1.165, 1.54) is 0 Å². The van der Waals surface area contributed by atoms with E-state index in [0.717, 1.165) is 5.57 Å². The summed E-state index contributed by atoms with van der Waals surface area (Å²) in [4.78, 5) is 10.8. The zero-order valence-electron chi connectivity index (χ0n) is 6.05. The van der Waals surface area contributed by atoms with Crippen molar-refractivity contribution in [3.8, 4) is 0 Å². The number of aliphatic hydroxyl groups excluding tert-OH is 1. The van der Waals surface area contributed by atoms with E-state index in [0.29, 0.717) is 12.2 Å². The maximum Gasteiger partial charge on any atom is 0.337 e. The van der Waals surface area contributed by atoms with Crippen molar-refractivity contribution in [2.75, 3.05) is 6.61 Å². The maximum atomic E-state index is 10.8. The quantitative estimate of drug-likeness (QED) is 0.533. The van der Waals surface area contributed by atoms with E-state index >= 15 is 0 Å². The molecule has 0 saturated heterocycles. The highest BCUT2D eigenvalue weighted by Gasteiger charge is 2.25. The van der Waals surface area contributed by atoms with Gasteiger partial charge in [-0.3, -0.25) is 0 Å². The monoisotopic (exact) mass is 142 g/mol. The normalized spacial score (nSPS) is 21.3. The lowest BCUT2D eigenvalue weighted by Crippen LogP contribution is -2.12. The predicted octanol–water partition coefficient (Wildman–Crippen LogP) is 0.240. The number of rotatable bonds is 1. The molecule has 3 nitrogen and oxygen atoms in total. The van der Waals surface area contributed by atoms with Gasteiger partial charge in [0.1, 0.15) is 6.61 Å². The van der Waals surface area contributed by atoms with E-state index in [2.05, 4.69) is 4.74 Å². The molecule has 0 spiro atoms. The predicted molar refractivity (Wildman–Crippen MR) is 35.3 cm³/mol. The van der Waals surface area contributed by atoms with Gasteiger partial charge in [-0.25, -0.2) is 4.79 Å². The summed E-state index contributed by atoms with van der Waals surface area (Å²) in [5, 5.41) is 9.03. The molecule has 1 rings (SSSR count). The minimum Gasteiger partial charge on any atom is -0.458 e. The molecule has 0 unspecified atom stereocenters. The highest BCUT2D eigenvalue weighted by atomic mass is 16.5. The zero-order valence-corrected chi connectivity index (χ0v) is 6.05. The van der Waals surface area contributed by atoms with Gasteiger partial charge in [0.05, 0.1) is 11.7 Å². The minimum absolute atomic E-state index is 0.332. The number of hydrogen-bond donors (Lipinski definition) is 1. The van der Waals surface area contributed by atoms with Gasteiger partial charge in [0.2, 0.25) is 0 Å². The molecule has 56 valence electrons. The van der Waals surface area contributed by atoms with Crippen molar-refractivity contribution in [1.82, 2.24) is 0 Å². The Hall–Kier alpha value is -0.830. The van der Waals surface area contributed by atoms with Crippen LogP contribution in [0, 0.1) is 0 Å². The summed E-state index contributed by atoms with van der Waals surface area (Å²) in [6.07, 6.45) is -0.699. The number of aliphatic hydroxyl groups is 1. The number of esters is 1. The van der Waals surface area contributed by atoms with Crippen LogP contribution in [0.15, 0.2) is 11.1 Å². The molecule has 10 heavy (non-hydrogen) atoms. The van der Waals surface area contributed by atoms with E-state index in [9.17, 15) is 4.79 Å². The summed E-state index contributed by atoms with van der Waals surface area (Å²) in [5.74, 6) is -0.382. The van der Waals surface area contributed by atoms with Gasteiger partial charge >= 0.3 is 5.97 Å². The highest BCUT2D eigenvalue weighted by Crippen LogP contribution is 2.17. The summed E-state index contributed by atoms with van der Waals surface area (Å²) in [7, 11) is 0. The van der Waals surface area contributed by atoms with E-state index in [-0.39, 0.29) is 5.97 Å². The van der Waals surface area contributed by atoms with E-state index < -0.39 is 6.10 Å². The third-order valence-electron chi connectivity index (χ3n) is 1.52. The number of cyclic esters (lactones) is 1. The van der Waals surface area contributed by atoms with Gasteiger partial charge in [-0.15, -0.1) is 0 Å². The van der Waals surface area contributed by atoms with Crippen molar-refractivity contribution < 1.29 is 14.6 Å². The summed E-state index contributed by atoms with van der Waals surface area (Å²) in [5.41, 5.74) is 1.25. The third-order valence-corrected chi connectivity index (χ3v) is 1.52. The molecule has 0 fully saturated rings. The van der Waals surface area contributed by atoms with Gasteiger partial charge in [0.15, 0.2) is 0 Å². The number of hydrogen-bond acceptors (Lipinski definition) is 3. The molecule has 1 aliphatic rings. The molecule has 3 heteroatoms. The molecular weight excluding hydrogens is 132 g/mol. The van der Waals surface area contributed by atoms with Crippen LogP contribution < -0.4 is 0 Å². The smallest absolute Gasteiger partial charge is 0.337 e. The fourth-order valence-electron chi connectivity index (χ4n) is 1.03. The molecule has 0 bridgehead atoms. The number of carbonyl (C=O) groups excluding carboxylic acids is 1. The van der Waals surface area contributed by atoms with E-state index in [4.69, 9.17) is 5.11 Å². The van der Waals surface area contributed by atoms with Crippen molar-refractivity contribution in [3.05, 3.63) is 11.1 Å². The highest BCUT2D eigenvalue weighted by molar-refractivity contribution is 5.92. The van der Waals surface area contributed by atoms with E-state index in [1.807, 2.05) is 0 Å². The van der Waals surface area contributed by atoms with Gasteiger partial charge in [-0.05, 0) is 19.4 Å². The van der Waals surface area contributed by atoms with Crippen LogP contribution in [0.4, 0.5) is 0 Å². The van der Waals surface area contributed by atoms with Gasteiger partial charge in [0.25, 0.3) is 0 Å². The molecular formula is C7H10O3. The van der Waals surface area contributed by atoms with Crippen molar-refractivity contribution in [2.24, 2.45) is 0 Å². The fraction of sp³-hybridized carbons (Fsp3) is 0.571. The Bertz CT molecular complexity index is 191. The Kier molecular flexibility index (Phi) is 1.76. The van der Waals surface area contributed by atoms with Crippen LogP contribution in [-0.4, -0.2) is 23.8 Å². The first-order valence-corrected chi connectivity index (χ1v) is 3.17. The van der Waals surface area contributed by atoms with Crippen LogP contribution in [-0.2, 0) is 9.53 Å². The largest absolute Gasteiger partial charge is 0.458 e. The van der Waals surface area contributed by atoms with Crippen molar-refractivity contribution in [2.45, 2.75) is 20.0 Å². The molecule has 0 aromatic rings. The van der Waals surface area contributed by atoms with Crippen LogP contribution in [0.2, 0.25) is 0 Å². The fourth-order valence-corrected chi connectivity index (χ4v) is 1.03. The standard InChI is InChI=1S/C7H10O3/c1-4-3-10-7(9)6(4)5(2)8/h5,8H,3H2,1-2H3/t5-/m1/s1. The minimum atomic E-state index is -0.699. The van der Waals surface area contributed by atoms with Crippen LogP contribution >= 0.6 is 0 Å². The van der Waals surface area contributed by atoms with Crippen molar-refractivity contribution in [1.29, 1.82) is 0 Å². The third kappa shape index (κ3) is 1.04. The summed E-state index contributed by atoms with van der Waals surface area (Å²) in [6.45, 7) is 3.68. The molecule has 0 aliphatic carbocycles. The average Bonchev–Trinajstić information content (AvgIpc) is 2.11. The second-order valence-electron chi connectivity index (χ2n) is 2.45. The van der Waals surface area contributed by atoms with Gasteiger partial charge in [0, 0.05) is 0 Å². The number of carbonyl (C=O) groups is 1. The molecule has 0 amide bonds. The second-order valence-corrected chi connectivity index (χ2v) is 2.45. The van der Waals surface area contributed by atoms with Crippen molar-refractivity contribution in [3.63, 3.8) is 0 Å². The van der Waals surface area contributed by atoms with Gasteiger partial charge in [-0.1, -0.05) is 0 Å². The summed E-state index contributed by atoms with van der Waals surface area (Å²) < 4.78 is 4.67. The van der Waals surface area contributed by atoms with Gasteiger partial charge < -0.3 is 9.84 Å². The topological polar surface area (TPSA) is 46.5 Å². The molecule has 1 atom stereocenters. The summed E-state index contributed by atoms with van der Waals surface area (Å²) >= 11 is 0. The first kappa shape index (κ1) is 7.28. The lowest BCUT2D eigenvalue weighted by atomic mass is 10.1. The Morgan fingerprint density at radius 1 is 1.70 bits per heavy atom. The number of ether oxygens (including phenoxy) is 1. The van der Waals surface area contributed by atoms with E-state index in [1.54, 1.807) is 13.8 Å². The Morgan fingerprint density at radius 2 is 2.30 bits per heavy atom. The second kappa shape index (κ2) is 2.42. The van der Waals surface area contributed by atoms with Crippen LogP contribution in [0.3, 0.4) is 0 Å². The van der Waals surface area contributed by atoms with Crippen LogP contribution in [0.5, 0.6) is 0 Å². The van der Waals surface area contributed by atoms with Crippen molar-refractivity contribution >= 4 is 5.97 Å². The molecule has 0 saturated carbocycles. The SMILES string of the molecule is CC1=C([C@@H](C)O)C(=O)OC1. The molecule has 1 heterocycles. The Morgan fingerprint density at radius 3 is 2.50 bits per heavy atom. The molecule has 0 aromatic carbocycles. The first-order chi connectivity index (χ1) is 4.63. The lowest BCUT2D eigenvalue weighted by molar-refractivity contribution is -0.136. The first-order valence-electron chi connectivity index (χ1n) is 3.17. The van der Waals surface area contributed by atoms with Gasteiger partial charge in [-0.2, -0.15) is 0 Å². The Labute approximate surface area is 59.3 Å². The zero-order chi connectivity index (χ0) is 7.72.